The summed E-state index contributed by atoms with van der Waals surface area (Å²) in [5.74, 6) is 5.57. The van der Waals surface area contributed by atoms with E-state index in [1.54, 1.807) is 6.07 Å². The number of rotatable bonds is 1. The molecule has 0 fully saturated rings. The lowest BCUT2D eigenvalue weighted by molar-refractivity contribution is 0.0600. The Morgan fingerprint density at radius 1 is 1.71 bits per heavy atom. The van der Waals surface area contributed by atoms with Crippen LogP contribution in [0.25, 0.3) is 0 Å². The number of methoxy groups -OCH3 is 1. The molecule has 0 amide bonds. The summed E-state index contributed by atoms with van der Waals surface area (Å²) in [5, 5.41) is 0. The van der Waals surface area contributed by atoms with Gasteiger partial charge in [0.2, 0.25) is 0 Å². The molecule has 0 atom stereocenters. The Morgan fingerprint density at radius 2 is 2.50 bits per heavy atom. The predicted molar refractivity (Wildman–Crippen MR) is 56.3 cm³/mol. The fraction of sp³-hybridized carbons (Fsp3) is 0.200. The van der Waals surface area contributed by atoms with Crippen LogP contribution in [-0.4, -0.2) is 23.8 Å². The molecule has 0 unspecified atom stereocenters. The van der Waals surface area contributed by atoms with Gasteiger partial charge in [0, 0.05) is 12.4 Å². The van der Waals surface area contributed by atoms with E-state index in [4.69, 9.17) is 0 Å². The Balaban J connectivity index is 3.09. The molecule has 0 saturated carbocycles. The number of hydrogen-bond donors (Lipinski definition) is 1. The third-order valence-corrected chi connectivity index (χ3v) is 1.69. The number of aromatic nitrogens is 1. The third-order valence-electron chi connectivity index (χ3n) is 1.53. The lowest BCUT2D eigenvalue weighted by Gasteiger charge is -2.00. The Hall–Kier alpha value is -1.47. The SMILES string of the molecule is COC(=O)c1ccncc1C#CCS. The molecule has 0 aliphatic carbocycles. The maximum absolute atomic E-state index is 11.3. The van der Waals surface area contributed by atoms with Crippen LogP contribution in [0.4, 0.5) is 0 Å². The van der Waals surface area contributed by atoms with Gasteiger partial charge < -0.3 is 4.74 Å². The zero-order valence-electron chi connectivity index (χ0n) is 7.65. The maximum atomic E-state index is 11.3. The molecular weight excluding hydrogens is 198 g/mol. The van der Waals surface area contributed by atoms with Crippen LogP contribution in [0.2, 0.25) is 0 Å². The van der Waals surface area contributed by atoms with E-state index in [0.717, 1.165) is 0 Å². The smallest absolute Gasteiger partial charge is 0.339 e. The van der Waals surface area contributed by atoms with E-state index in [1.165, 1.54) is 19.5 Å². The van der Waals surface area contributed by atoms with Crippen molar-refractivity contribution in [3.05, 3.63) is 29.6 Å². The van der Waals surface area contributed by atoms with Crippen LogP contribution in [0.5, 0.6) is 0 Å². The fourth-order valence-electron chi connectivity index (χ4n) is 0.917. The lowest BCUT2D eigenvalue weighted by atomic mass is 10.1. The van der Waals surface area contributed by atoms with E-state index < -0.39 is 5.97 Å². The van der Waals surface area contributed by atoms with Crippen LogP contribution in [-0.2, 0) is 4.74 Å². The first-order valence-corrected chi connectivity index (χ1v) is 4.55. The van der Waals surface area contributed by atoms with Crippen LogP contribution in [0.15, 0.2) is 18.5 Å². The van der Waals surface area contributed by atoms with Crippen LogP contribution < -0.4 is 0 Å². The molecule has 0 aliphatic rings. The molecule has 0 saturated heterocycles. The Bertz CT molecular complexity index is 393. The first-order chi connectivity index (χ1) is 6.79. The predicted octanol–water partition coefficient (Wildman–Crippen LogP) is 1.15. The van der Waals surface area contributed by atoms with Gasteiger partial charge in [0.15, 0.2) is 0 Å². The molecule has 0 aliphatic heterocycles. The quantitative estimate of drug-likeness (QED) is 0.426. The third kappa shape index (κ3) is 2.51. The highest BCUT2D eigenvalue weighted by Crippen LogP contribution is 2.06. The summed E-state index contributed by atoms with van der Waals surface area (Å²) in [5.41, 5.74) is 0.991. The van der Waals surface area contributed by atoms with Crippen molar-refractivity contribution in [2.75, 3.05) is 12.9 Å². The van der Waals surface area contributed by atoms with E-state index in [2.05, 4.69) is 34.2 Å². The van der Waals surface area contributed by atoms with Crippen LogP contribution in [0.1, 0.15) is 15.9 Å². The van der Waals surface area contributed by atoms with Gasteiger partial charge in [-0.25, -0.2) is 4.79 Å². The highest BCUT2D eigenvalue weighted by atomic mass is 32.1. The van der Waals surface area contributed by atoms with Gasteiger partial charge in [0.1, 0.15) is 0 Å². The van der Waals surface area contributed by atoms with E-state index in [1.807, 2.05) is 0 Å². The molecule has 1 aromatic rings. The second kappa shape index (κ2) is 5.30. The summed E-state index contributed by atoms with van der Waals surface area (Å²) in [7, 11) is 1.33. The minimum atomic E-state index is -0.407. The summed E-state index contributed by atoms with van der Waals surface area (Å²) in [6.07, 6.45) is 3.06. The van der Waals surface area contributed by atoms with Gasteiger partial charge in [-0.15, -0.1) is 0 Å². The number of carbonyl (C=O) groups excluding carboxylic acids is 1. The van der Waals surface area contributed by atoms with E-state index in [0.29, 0.717) is 16.9 Å². The first-order valence-electron chi connectivity index (χ1n) is 3.91. The zero-order valence-corrected chi connectivity index (χ0v) is 8.54. The minimum Gasteiger partial charge on any atom is -0.465 e. The summed E-state index contributed by atoms with van der Waals surface area (Å²) >= 11 is 3.95. The van der Waals surface area contributed by atoms with Crippen molar-refractivity contribution < 1.29 is 9.53 Å². The molecule has 72 valence electrons. The number of pyridine rings is 1. The molecule has 1 aromatic heterocycles. The standard InChI is InChI=1S/C10H9NO2S/c1-13-10(12)9-4-5-11-7-8(9)3-2-6-14/h4-5,7,14H,6H2,1H3. The molecule has 0 spiro atoms. The monoisotopic (exact) mass is 207 g/mol. The lowest BCUT2D eigenvalue weighted by Crippen LogP contribution is -2.04. The second-order valence-electron chi connectivity index (χ2n) is 2.37. The Morgan fingerprint density at radius 3 is 3.14 bits per heavy atom. The molecule has 0 aromatic carbocycles. The summed E-state index contributed by atoms with van der Waals surface area (Å²) < 4.78 is 4.60. The van der Waals surface area contributed by atoms with Gasteiger partial charge in [-0.2, -0.15) is 12.6 Å². The number of esters is 1. The molecule has 0 bridgehead atoms. The number of hydrogen-bond acceptors (Lipinski definition) is 4. The van der Waals surface area contributed by atoms with Crippen molar-refractivity contribution in [3.63, 3.8) is 0 Å². The summed E-state index contributed by atoms with van der Waals surface area (Å²) in [6.45, 7) is 0. The van der Waals surface area contributed by atoms with Gasteiger partial charge in [0.05, 0.1) is 24.0 Å². The second-order valence-corrected chi connectivity index (χ2v) is 2.69. The number of thiol groups is 1. The van der Waals surface area contributed by atoms with E-state index >= 15 is 0 Å². The summed E-state index contributed by atoms with van der Waals surface area (Å²) in [4.78, 5) is 15.1. The molecule has 0 N–H and O–H groups in total. The number of nitrogens with zero attached hydrogens (tertiary/aromatic N) is 1. The van der Waals surface area contributed by atoms with Crippen molar-refractivity contribution in [1.82, 2.24) is 4.98 Å². The van der Waals surface area contributed by atoms with Gasteiger partial charge in [-0.3, -0.25) is 4.98 Å². The van der Waals surface area contributed by atoms with Crippen molar-refractivity contribution in [2.24, 2.45) is 0 Å². The molecule has 4 heteroatoms. The molecule has 1 heterocycles. The number of carbonyl (C=O) groups is 1. The van der Waals surface area contributed by atoms with E-state index in [-0.39, 0.29) is 0 Å². The van der Waals surface area contributed by atoms with Crippen molar-refractivity contribution >= 4 is 18.6 Å². The fourth-order valence-corrected chi connectivity index (χ4v) is 0.996. The van der Waals surface area contributed by atoms with Crippen LogP contribution >= 0.6 is 12.6 Å². The molecule has 14 heavy (non-hydrogen) atoms. The topological polar surface area (TPSA) is 39.2 Å². The molecular formula is C10H9NO2S. The Kier molecular flexibility index (Phi) is 4.02. The van der Waals surface area contributed by atoms with Gasteiger partial charge in [-0.05, 0) is 6.07 Å². The van der Waals surface area contributed by atoms with Crippen molar-refractivity contribution in [2.45, 2.75) is 0 Å². The largest absolute Gasteiger partial charge is 0.465 e. The maximum Gasteiger partial charge on any atom is 0.339 e. The zero-order chi connectivity index (χ0) is 10.4. The Labute approximate surface area is 87.9 Å². The van der Waals surface area contributed by atoms with Crippen LogP contribution in [0, 0.1) is 11.8 Å². The summed E-state index contributed by atoms with van der Waals surface area (Å²) in [6, 6.07) is 1.58. The molecule has 1 rings (SSSR count). The minimum absolute atomic E-state index is 0.407. The van der Waals surface area contributed by atoms with Gasteiger partial charge >= 0.3 is 5.97 Å². The molecule has 3 nitrogen and oxygen atoms in total. The van der Waals surface area contributed by atoms with Gasteiger partial charge in [-0.1, -0.05) is 11.8 Å². The average molecular weight is 207 g/mol. The highest BCUT2D eigenvalue weighted by Gasteiger charge is 2.08. The highest BCUT2D eigenvalue weighted by molar-refractivity contribution is 7.80. The normalized spacial score (nSPS) is 8.71. The number of ether oxygens (including phenoxy) is 1. The average Bonchev–Trinajstić information content (AvgIpc) is 2.25. The van der Waals surface area contributed by atoms with Crippen molar-refractivity contribution in [3.8, 4) is 11.8 Å². The van der Waals surface area contributed by atoms with Crippen LogP contribution in [0.3, 0.4) is 0 Å². The molecule has 0 radical (unpaired) electrons. The van der Waals surface area contributed by atoms with Gasteiger partial charge in [0.25, 0.3) is 0 Å². The first kappa shape index (κ1) is 10.6. The van der Waals surface area contributed by atoms with Crippen molar-refractivity contribution in [1.29, 1.82) is 0 Å². The van der Waals surface area contributed by atoms with E-state index in [9.17, 15) is 4.79 Å².